The lowest BCUT2D eigenvalue weighted by atomic mass is 9.88. The van der Waals surface area contributed by atoms with E-state index in [4.69, 9.17) is 29.7 Å². The number of rotatable bonds is 6. The van der Waals surface area contributed by atoms with Crippen LogP contribution in [0.15, 0.2) is 0 Å². The Labute approximate surface area is 186 Å². The van der Waals surface area contributed by atoms with Gasteiger partial charge in [-0.05, 0) is 46.7 Å². The Morgan fingerprint density at radius 2 is 1.53 bits per heavy atom. The molecule has 2 fully saturated rings. The van der Waals surface area contributed by atoms with Crippen molar-refractivity contribution in [3.8, 4) is 0 Å². The fourth-order valence-corrected chi connectivity index (χ4v) is 6.01. The van der Waals surface area contributed by atoms with Gasteiger partial charge in [-0.15, -0.1) is 0 Å². The average molecular weight is 439 g/mol. The van der Waals surface area contributed by atoms with Crippen molar-refractivity contribution in [1.29, 1.82) is 0 Å². The summed E-state index contributed by atoms with van der Waals surface area (Å²) < 4.78 is 35.4. The predicted octanol–water partition coefficient (Wildman–Crippen LogP) is 2.30. The van der Waals surface area contributed by atoms with E-state index in [9.17, 15) is 4.57 Å². The van der Waals surface area contributed by atoms with Crippen molar-refractivity contribution >= 4 is 23.4 Å². The summed E-state index contributed by atoms with van der Waals surface area (Å²) in [6, 6.07) is -0.892. The van der Waals surface area contributed by atoms with Crippen molar-refractivity contribution in [2.24, 2.45) is 5.41 Å². The molecule has 2 saturated heterocycles. The minimum atomic E-state index is -3.29. The molecular formula is C20H40B2N3O4P. The molecule has 0 aliphatic carbocycles. The summed E-state index contributed by atoms with van der Waals surface area (Å²) in [7, 11) is 12.5. The van der Waals surface area contributed by atoms with E-state index in [0.717, 1.165) is 6.42 Å². The SMILES string of the molecule is [B]C1CN(C(C)(C)C)CC(COP(=O)(N(C)C)N2CC([B])OC(CC(C)(C)C)C2)O1. The molecule has 0 aromatic rings. The van der Waals surface area contributed by atoms with Crippen LogP contribution in [-0.4, -0.2) is 107 Å². The monoisotopic (exact) mass is 439 g/mol. The van der Waals surface area contributed by atoms with Crippen LogP contribution in [0.25, 0.3) is 0 Å². The van der Waals surface area contributed by atoms with Gasteiger partial charge in [0.1, 0.15) is 15.7 Å². The standard InChI is InChI=1S/C20H40B2N3O4P/c1-19(2,3)9-15-11-25(13-18(22)28-15)30(26,23(7)8)27-14-16-10-24(20(4,5)6)12-17(21)29-16/h15-18H,9-14H2,1-8H3. The van der Waals surface area contributed by atoms with Gasteiger partial charge in [0.15, 0.2) is 0 Å². The van der Waals surface area contributed by atoms with Gasteiger partial charge in [-0.2, -0.15) is 0 Å². The van der Waals surface area contributed by atoms with Crippen LogP contribution in [0.4, 0.5) is 0 Å². The maximum Gasteiger partial charge on any atom is 0.345 e. The minimum absolute atomic E-state index is 0.0257. The van der Waals surface area contributed by atoms with Crippen LogP contribution in [0, 0.1) is 5.41 Å². The van der Waals surface area contributed by atoms with Crippen LogP contribution >= 0.6 is 7.67 Å². The number of hydrogen-bond acceptors (Lipinski definition) is 5. The first-order valence-electron chi connectivity index (χ1n) is 10.8. The van der Waals surface area contributed by atoms with Crippen LogP contribution in [0.2, 0.25) is 0 Å². The summed E-state index contributed by atoms with van der Waals surface area (Å²) in [5.74, 6) is 0. The summed E-state index contributed by atoms with van der Waals surface area (Å²) in [6.07, 6.45) is 0.480. The molecule has 7 nitrogen and oxygen atoms in total. The van der Waals surface area contributed by atoms with Gasteiger partial charge < -0.3 is 14.0 Å². The first-order valence-corrected chi connectivity index (χ1v) is 12.4. The molecule has 2 rings (SSSR count). The normalized spacial score (nSPS) is 32.3. The lowest BCUT2D eigenvalue weighted by molar-refractivity contribution is -0.0929. The maximum absolute atomic E-state index is 13.9. The highest BCUT2D eigenvalue weighted by Crippen LogP contribution is 2.54. The molecule has 0 aromatic carbocycles. The Hall–Kier alpha value is 0.120. The molecule has 0 aromatic heterocycles. The molecular weight excluding hydrogens is 399 g/mol. The summed E-state index contributed by atoms with van der Waals surface area (Å²) >= 11 is 0. The second kappa shape index (κ2) is 9.94. The lowest BCUT2D eigenvalue weighted by Crippen LogP contribution is -2.56. The minimum Gasteiger partial charge on any atom is -0.382 e. The van der Waals surface area contributed by atoms with Gasteiger partial charge in [-0.1, -0.05) is 20.8 Å². The van der Waals surface area contributed by atoms with E-state index >= 15 is 0 Å². The van der Waals surface area contributed by atoms with Crippen LogP contribution in [0.5, 0.6) is 0 Å². The number of morpholine rings is 2. The second-order valence-corrected chi connectivity index (χ2v) is 13.5. The van der Waals surface area contributed by atoms with Gasteiger partial charge in [0, 0.05) is 43.7 Å². The van der Waals surface area contributed by atoms with E-state index in [1.165, 1.54) is 0 Å². The van der Waals surface area contributed by atoms with Crippen LogP contribution in [0.1, 0.15) is 48.0 Å². The highest BCUT2D eigenvalue weighted by atomic mass is 31.2. The Morgan fingerprint density at radius 3 is 2.07 bits per heavy atom. The molecule has 2 heterocycles. The van der Waals surface area contributed by atoms with Crippen molar-refractivity contribution in [1.82, 2.24) is 14.2 Å². The van der Waals surface area contributed by atoms with E-state index in [-0.39, 0.29) is 29.8 Å². The molecule has 4 radical (unpaired) electrons. The van der Waals surface area contributed by atoms with E-state index < -0.39 is 19.7 Å². The highest BCUT2D eigenvalue weighted by molar-refractivity contribution is 7.53. The molecule has 2 aliphatic heterocycles. The molecule has 5 unspecified atom stereocenters. The zero-order valence-corrected chi connectivity index (χ0v) is 21.0. The first-order chi connectivity index (χ1) is 13.6. The molecule has 0 spiro atoms. The summed E-state index contributed by atoms with van der Waals surface area (Å²) in [5.41, 5.74) is 0.0564. The van der Waals surface area contributed by atoms with Gasteiger partial charge >= 0.3 is 7.67 Å². The van der Waals surface area contributed by atoms with E-state index in [1.807, 2.05) is 4.67 Å². The third-order valence-corrected chi connectivity index (χ3v) is 7.98. The van der Waals surface area contributed by atoms with Gasteiger partial charge in [-0.25, -0.2) is 9.34 Å². The fourth-order valence-electron chi connectivity index (χ4n) is 3.99. The Morgan fingerprint density at radius 1 is 0.967 bits per heavy atom. The Bertz CT molecular complexity index is 612. The average Bonchev–Trinajstić information content (AvgIpc) is 2.56. The molecule has 0 bridgehead atoms. The molecule has 170 valence electrons. The molecule has 0 N–H and O–H groups in total. The van der Waals surface area contributed by atoms with Crippen molar-refractivity contribution < 1.29 is 18.6 Å². The molecule has 0 saturated carbocycles. The Balaban J connectivity index is 2.09. The first kappa shape index (κ1) is 26.4. The van der Waals surface area contributed by atoms with Crippen molar-refractivity contribution in [3.63, 3.8) is 0 Å². The summed E-state index contributed by atoms with van der Waals surface area (Å²) in [6.45, 7) is 15.3. The molecule has 10 heteroatoms. The third-order valence-electron chi connectivity index (χ3n) is 5.44. The quantitative estimate of drug-likeness (QED) is 0.465. The predicted molar refractivity (Wildman–Crippen MR) is 123 cm³/mol. The smallest absolute Gasteiger partial charge is 0.345 e. The largest absolute Gasteiger partial charge is 0.382 e. The zero-order valence-electron chi connectivity index (χ0n) is 20.1. The topological polar surface area (TPSA) is 54.5 Å². The molecule has 30 heavy (non-hydrogen) atoms. The van der Waals surface area contributed by atoms with Gasteiger partial charge in [0.25, 0.3) is 0 Å². The maximum atomic E-state index is 13.9. The van der Waals surface area contributed by atoms with Gasteiger partial charge in [0.2, 0.25) is 0 Å². The van der Waals surface area contributed by atoms with Crippen LogP contribution < -0.4 is 0 Å². The molecule has 2 aliphatic rings. The van der Waals surface area contributed by atoms with Crippen molar-refractivity contribution in [2.75, 3.05) is 46.9 Å². The molecule has 0 amide bonds. The van der Waals surface area contributed by atoms with Crippen LogP contribution in [0.3, 0.4) is 0 Å². The van der Waals surface area contributed by atoms with Crippen molar-refractivity contribution in [2.45, 2.75) is 77.7 Å². The fraction of sp³-hybridized carbons (Fsp3) is 1.00. The third kappa shape index (κ3) is 7.33. The second-order valence-electron chi connectivity index (χ2n) is 10.9. The van der Waals surface area contributed by atoms with Crippen molar-refractivity contribution in [3.05, 3.63) is 0 Å². The van der Waals surface area contributed by atoms with E-state index in [2.05, 4.69) is 46.4 Å². The summed E-state index contributed by atoms with van der Waals surface area (Å²) in [4.78, 5) is 2.28. The Kier molecular flexibility index (Phi) is 8.74. The number of hydrogen-bond donors (Lipinski definition) is 0. The number of ether oxygens (including phenoxy) is 2. The highest BCUT2D eigenvalue weighted by Gasteiger charge is 2.42. The van der Waals surface area contributed by atoms with E-state index in [1.54, 1.807) is 18.8 Å². The van der Waals surface area contributed by atoms with E-state index in [0.29, 0.717) is 26.2 Å². The van der Waals surface area contributed by atoms with Gasteiger partial charge in [0.05, 0.1) is 18.8 Å². The van der Waals surface area contributed by atoms with Gasteiger partial charge in [-0.3, -0.25) is 9.46 Å². The number of nitrogens with zero attached hydrogens (tertiary/aromatic N) is 3. The zero-order chi connectivity index (χ0) is 22.9. The van der Waals surface area contributed by atoms with Crippen LogP contribution in [-0.2, 0) is 18.6 Å². The lowest BCUT2D eigenvalue weighted by Gasteiger charge is -2.46. The molecule has 5 atom stereocenters. The summed E-state index contributed by atoms with van der Waals surface area (Å²) in [5, 5.41) is 0.